The minimum atomic E-state index is -4.76. The maximum atomic E-state index is 12.3. The van der Waals surface area contributed by atoms with E-state index in [0.29, 0.717) is 0 Å². The van der Waals surface area contributed by atoms with E-state index < -0.39 is 20.3 Å². The van der Waals surface area contributed by atoms with Gasteiger partial charge in [0, 0.05) is 0 Å². The van der Waals surface area contributed by atoms with Crippen LogP contribution >= 0.6 is 0 Å². The first kappa shape index (κ1) is 16.5. The van der Waals surface area contributed by atoms with Crippen LogP contribution in [0, 0.1) is 0 Å². The molecule has 0 heterocycles. The summed E-state index contributed by atoms with van der Waals surface area (Å²) in [5.74, 6) is -1.75. The van der Waals surface area contributed by atoms with Crippen LogP contribution in [-0.2, 0) is 4.79 Å². The number of alkyl halides is 3. The molecule has 0 bridgehead atoms. The fourth-order valence-corrected chi connectivity index (χ4v) is 6.93. The van der Waals surface area contributed by atoms with Gasteiger partial charge in [0.1, 0.15) is 0 Å². The second-order valence-electron chi connectivity index (χ2n) is 4.48. The molecule has 0 atom stereocenters. The first-order chi connectivity index (χ1) is 7.81. The van der Waals surface area contributed by atoms with Gasteiger partial charge in [-0.15, -0.1) is 0 Å². The monoisotopic (exact) mass is 269 g/mol. The van der Waals surface area contributed by atoms with Crippen LogP contribution in [-0.4, -0.2) is 20.3 Å². The van der Waals surface area contributed by atoms with E-state index in [1.54, 1.807) is 0 Å². The van der Waals surface area contributed by atoms with E-state index in [1.165, 1.54) is 0 Å². The Morgan fingerprint density at radius 2 is 1.35 bits per heavy atom. The van der Waals surface area contributed by atoms with Gasteiger partial charge in [-0.1, -0.05) is 40.0 Å². The lowest BCUT2D eigenvalue weighted by atomic mass is 10.5. The molecule has 1 amide bonds. The highest BCUT2D eigenvalue weighted by Gasteiger charge is 2.44. The van der Waals surface area contributed by atoms with E-state index >= 15 is 0 Å². The highest BCUT2D eigenvalue weighted by atomic mass is 28.3. The predicted octanol–water partition coefficient (Wildman–Crippen LogP) is 3.84. The molecule has 0 aromatic rings. The summed E-state index contributed by atoms with van der Waals surface area (Å²) in [6, 6.07) is 2.20. The highest BCUT2D eigenvalue weighted by molar-refractivity contribution is 6.79. The van der Waals surface area contributed by atoms with Gasteiger partial charge < -0.3 is 4.98 Å². The molecule has 2 nitrogen and oxygen atoms in total. The third-order valence-electron chi connectivity index (χ3n) is 2.82. The Hall–Kier alpha value is -0.523. The zero-order valence-corrected chi connectivity index (χ0v) is 11.8. The Morgan fingerprint density at radius 3 is 1.59 bits per heavy atom. The standard InChI is InChI=1S/C11H22F3NOSi/c1-4-7-17(8-5-2,9-6-3)15-10(16)11(12,13)14/h4-9H2,1-3H3,(H,15,16). The van der Waals surface area contributed by atoms with Crippen LogP contribution in [0.3, 0.4) is 0 Å². The number of carbonyl (C=O) groups is 1. The lowest BCUT2D eigenvalue weighted by Crippen LogP contribution is -2.56. The summed E-state index contributed by atoms with van der Waals surface area (Å²) in [6.45, 7) is 5.85. The van der Waals surface area contributed by atoms with Crippen LogP contribution in [0.15, 0.2) is 0 Å². The largest absolute Gasteiger partial charge is 0.470 e. The summed E-state index contributed by atoms with van der Waals surface area (Å²) in [7, 11) is -2.29. The molecule has 0 aliphatic heterocycles. The van der Waals surface area contributed by atoms with Crippen LogP contribution in [0.5, 0.6) is 0 Å². The van der Waals surface area contributed by atoms with Crippen molar-refractivity contribution in [2.24, 2.45) is 0 Å². The predicted molar refractivity (Wildman–Crippen MR) is 65.2 cm³/mol. The topological polar surface area (TPSA) is 29.1 Å². The molecule has 0 saturated carbocycles. The van der Waals surface area contributed by atoms with Crippen LogP contribution in [0.1, 0.15) is 40.0 Å². The highest BCUT2D eigenvalue weighted by Crippen LogP contribution is 2.25. The maximum absolute atomic E-state index is 12.3. The van der Waals surface area contributed by atoms with Crippen molar-refractivity contribution in [1.82, 2.24) is 4.98 Å². The van der Waals surface area contributed by atoms with Crippen LogP contribution in [0.2, 0.25) is 18.1 Å². The third-order valence-corrected chi connectivity index (χ3v) is 7.95. The van der Waals surface area contributed by atoms with E-state index in [9.17, 15) is 18.0 Å². The molecule has 0 aliphatic rings. The van der Waals surface area contributed by atoms with Crippen molar-refractivity contribution in [3.63, 3.8) is 0 Å². The molecule has 6 heteroatoms. The molecule has 0 aromatic carbocycles. The minimum absolute atomic E-state index is 0.733. The Kier molecular flexibility index (Phi) is 6.82. The van der Waals surface area contributed by atoms with Gasteiger partial charge in [0.15, 0.2) is 8.24 Å². The normalized spacial score (nSPS) is 12.6. The average molecular weight is 269 g/mol. The SMILES string of the molecule is CCC[Si](CCC)(CCC)NC(=O)C(F)(F)F. The molecule has 1 N–H and O–H groups in total. The number of hydrogen-bond donors (Lipinski definition) is 1. The van der Waals surface area contributed by atoms with Gasteiger partial charge in [-0.25, -0.2) is 0 Å². The Morgan fingerprint density at radius 1 is 1.00 bits per heavy atom. The van der Waals surface area contributed by atoms with Crippen molar-refractivity contribution < 1.29 is 18.0 Å². The van der Waals surface area contributed by atoms with Gasteiger partial charge in [-0.3, -0.25) is 4.79 Å². The summed E-state index contributed by atoms with van der Waals surface area (Å²) in [6.07, 6.45) is -2.29. The zero-order valence-electron chi connectivity index (χ0n) is 10.8. The smallest absolute Gasteiger partial charge is 0.374 e. The second kappa shape index (κ2) is 7.03. The Bertz CT molecular complexity index is 226. The summed E-state index contributed by atoms with van der Waals surface area (Å²) in [5, 5.41) is 0. The van der Waals surface area contributed by atoms with Crippen LogP contribution in [0.25, 0.3) is 0 Å². The van der Waals surface area contributed by atoms with E-state index in [4.69, 9.17) is 0 Å². The lowest BCUT2D eigenvalue weighted by Gasteiger charge is -2.32. The fraction of sp³-hybridized carbons (Fsp3) is 0.909. The third kappa shape index (κ3) is 5.56. The maximum Gasteiger partial charge on any atom is 0.470 e. The lowest BCUT2D eigenvalue weighted by molar-refractivity contribution is -0.171. The summed E-state index contributed by atoms with van der Waals surface area (Å²) in [5.41, 5.74) is 0. The van der Waals surface area contributed by atoms with Crippen molar-refractivity contribution in [2.45, 2.75) is 64.3 Å². The fourth-order valence-electron chi connectivity index (χ4n) is 2.31. The number of hydrogen-bond acceptors (Lipinski definition) is 1. The summed E-state index contributed by atoms with van der Waals surface area (Å²) >= 11 is 0. The quantitative estimate of drug-likeness (QED) is 0.699. The van der Waals surface area contributed by atoms with Crippen molar-refractivity contribution in [3.8, 4) is 0 Å². The van der Waals surface area contributed by atoms with E-state index in [-0.39, 0.29) is 0 Å². The van der Waals surface area contributed by atoms with Gasteiger partial charge in [0.05, 0.1) is 0 Å². The van der Waals surface area contributed by atoms with Crippen molar-refractivity contribution in [1.29, 1.82) is 0 Å². The van der Waals surface area contributed by atoms with Crippen LogP contribution < -0.4 is 4.98 Å². The number of halogens is 3. The van der Waals surface area contributed by atoms with Crippen LogP contribution in [0.4, 0.5) is 13.2 Å². The summed E-state index contributed by atoms with van der Waals surface area (Å²) in [4.78, 5) is 13.5. The zero-order chi connectivity index (χ0) is 13.5. The van der Waals surface area contributed by atoms with Crippen molar-refractivity contribution in [3.05, 3.63) is 0 Å². The first-order valence-electron chi connectivity index (χ1n) is 6.20. The van der Waals surface area contributed by atoms with Gasteiger partial charge in [0.25, 0.3) is 0 Å². The van der Waals surface area contributed by atoms with Crippen molar-refractivity contribution >= 4 is 14.1 Å². The molecular formula is C11H22F3NOSi. The van der Waals surface area contributed by atoms with Gasteiger partial charge in [0.2, 0.25) is 0 Å². The molecule has 0 fully saturated rings. The van der Waals surface area contributed by atoms with E-state index in [0.717, 1.165) is 37.4 Å². The van der Waals surface area contributed by atoms with E-state index in [1.807, 2.05) is 20.8 Å². The molecule has 102 valence electrons. The molecular weight excluding hydrogens is 247 g/mol. The number of carbonyl (C=O) groups excluding carboxylic acids is 1. The van der Waals surface area contributed by atoms with E-state index in [2.05, 4.69) is 4.98 Å². The molecule has 0 rings (SSSR count). The number of nitrogens with one attached hydrogen (secondary N) is 1. The first-order valence-corrected chi connectivity index (χ1v) is 8.82. The van der Waals surface area contributed by atoms with Gasteiger partial charge in [-0.05, 0) is 18.1 Å². The number of rotatable bonds is 7. The second-order valence-corrected chi connectivity index (χ2v) is 8.79. The minimum Gasteiger partial charge on any atom is -0.374 e. The molecule has 0 saturated heterocycles. The number of amides is 1. The Balaban J connectivity index is 4.82. The molecule has 17 heavy (non-hydrogen) atoms. The molecule has 0 radical (unpaired) electrons. The summed E-state index contributed by atoms with van der Waals surface area (Å²) < 4.78 is 36.9. The Labute approximate surface area is 102 Å². The average Bonchev–Trinajstić information content (AvgIpc) is 2.17. The molecule has 0 aromatic heterocycles. The van der Waals surface area contributed by atoms with Gasteiger partial charge >= 0.3 is 12.1 Å². The van der Waals surface area contributed by atoms with Crippen molar-refractivity contribution in [2.75, 3.05) is 0 Å². The van der Waals surface area contributed by atoms with Gasteiger partial charge in [-0.2, -0.15) is 13.2 Å². The molecule has 0 unspecified atom stereocenters. The molecule has 0 spiro atoms. The molecule has 0 aliphatic carbocycles.